The third-order valence-corrected chi connectivity index (χ3v) is 4.58. The van der Waals surface area contributed by atoms with E-state index < -0.39 is 0 Å². The van der Waals surface area contributed by atoms with Gasteiger partial charge in [-0.1, -0.05) is 18.2 Å². The molecule has 6 heteroatoms. The fourth-order valence-electron chi connectivity index (χ4n) is 3.06. The van der Waals surface area contributed by atoms with Crippen LogP contribution >= 0.6 is 0 Å². The van der Waals surface area contributed by atoms with Gasteiger partial charge in [-0.2, -0.15) is 5.10 Å². The van der Waals surface area contributed by atoms with Crippen LogP contribution in [0.5, 0.6) is 0 Å². The van der Waals surface area contributed by atoms with Crippen LogP contribution in [0.4, 0.5) is 4.39 Å². The molecular formula is C20H19FN4O. The summed E-state index contributed by atoms with van der Waals surface area (Å²) in [6, 6.07) is 13.6. The lowest BCUT2D eigenvalue weighted by Crippen LogP contribution is -2.30. The van der Waals surface area contributed by atoms with Crippen LogP contribution in [-0.4, -0.2) is 21.1 Å². The van der Waals surface area contributed by atoms with Crippen LogP contribution in [0.15, 0.2) is 48.5 Å². The number of carbonyl (C=O) groups excluding carboxylic acids is 1. The van der Waals surface area contributed by atoms with Crippen molar-refractivity contribution in [2.24, 2.45) is 5.92 Å². The number of amides is 1. The van der Waals surface area contributed by atoms with Crippen molar-refractivity contribution in [3.05, 3.63) is 71.4 Å². The lowest BCUT2D eigenvalue weighted by Gasteiger charge is -2.17. The first-order valence-corrected chi connectivity index (χ1v) is 8.66. The molecule has 0 radical (unpaired) electrons. The molecule has 5 nitrogen and oxygen atoms in total. The van der Waals surface area contributed by atoms with Gasteiger partial charge in [0.2, 0.25) is 0 Å². The van der Waals surface area contributed by atoms with Gasteiger partial charge in [0.25, 0.3) is 5.91 Å². The summed E-state index contributed by atoms with van der Waals surface area (Å²) in [5.74, 6) is -0.228. The molecule has 0 aliphatic heterocycles. The Balaban J connectivity index is 1.55. The number of halogens is 1. The number of carbonyl (C=O) groups is 1. The van der Waals surface area contributed by atoms with Gasteiger partial charge in [-0.3, -0.25) is 14.9 Å². The van der Waals surface area contributed by atoms with Crippen LogP contribution in [0.2, 0.25) is 0 Å². The highest BCUT2D eigenvalue weighted by molar-refractivity contribution is 5.93. The van der Waals surface area contributed by atoms with E-state index in [0.717, 1.165) is 24.2 Å². The molecule has 1 aliphatic carbocycles. The maximum Gasteiger partial charge on any atom is 0.269 e. The Morgan fingerprint density at radius 1 is 1.23 bits per heavy atom. The molecule has 1 aromatic carbocycles. The molecule has 4 rings (SSSR count). The number of H-pyrrole nitrogens is 1. The predicted octanol–water partition coefficient (Wildman–Crippen LogP) is 3.80. The van der Waals surface area contributed by atoms with Crippen molar-refractivity contribution in [3.8, 4) is 11.3 Å². The summed E-state index contributed by atoms with van der Waals surface area (Å²) in [6.45, 7) is 1.94. The lowest BCUT2D eigenvalue weighted by molar-refractivity contribution is 0.0925. The van der Waals surface area contributed by atoms with Crippen molar-refractivity contribution in [3.63, 3.8) is 0 Å². The lowest BCUT2D eigenvalue weighted by atomic mass is 10.1. The van der Waals surface area contributed by atoms with Crippen LogP contribution in [0, 0.1) is 18.7 Å². The molecule has 0 bridgehead atoms. The van der Waals surface area contributed by atoms with Gasteiger partial charge in [0.1, 0.15) is 11.5 Å². The third-order valence-electron chi connectivity index (χ3n) is 4.58. The molecule has 26 heavy (non-hydrogen) atoms. The van der Waals surface area contributed by atoms with E-state index in [0.29, 0.717) is 22.9 Å². The van der Waals surface area contributed by atoms with Gasteiger partial charge in [-0.05, 0) is 56.0 Å². The van der Waals surface area contributed by atoms with Crippen molar-refractivity contribution >= 4 is 5.91 Å². The number of pyridine rings is 1. The van der Waals surface area contributed by atoms with E-state index in [4.69, 9.17) is 0 Å². The minimum absolute atomic E-state index is 0.123. The van der Waals surface area contributed by atoms with Crippen LogP contribution in [0.3, 0.4) is 0 Å². The summed E-state index contributed by atoms with van der Waals surface area (Å²) in [7, 11) is 0. The van der Waals surface area contributed by atoms with Crippen LogP contribution in [0.25, 0.3) is 11.3 Å². The van der Waals surface area contributed by atoms with Gasteiger partial charge >= 0.3 is 0 Å². The predicted molar refractivity (Wildman–Crippen MR) is 95.9 cm³/mol. The highest BCUT2D eigenvalue weighted by Crippen LogP contribution is 2.40. The zero-order valence-electron chi connectivity index (χ0n) is 14.4. The van der Waals surface area contributed by atoms with E-state index in [-0.39, 0.29) is 17.8 Å². The summed E-state index contributed by atoms with van der Waals surface area (Å²) in [6.07, 6.45) is 2.15. The van der Waals surface area contributed by atoms with E-state index in [2.05, 4.69) is 20.5 Å². The molecule has 3 aromatic rings. The minimum atomic E-state index is -0.370. The molecule has 2 aromatic heterocycles. The number of rotatable bonds is 5. The number of aromatic nitrogens is 3. The SMILES string of the molecule is Cc1cccc([C@H](NC(=O)c2cc(-c3ccccc3F)n[nH]2)C2CC2)n1. The Bertz CT molecular complexity index is 948. The monoisotopic (exact) mass is 350 g/mol. The molecule has 1 saturated carbocycles. The normalized spacial score (nSPS) is 14.8. The van der Waals surface area contributed by atoms with E-state index in [1.165, 1.54) is 6.07 Å². The molecule has 0 saturated heterocycles. The molecule has 1 fully saturated rings. The van der Waals surface area contributed by atoms with Gasteiger partial charge in [-0.15, -0.1) is 0 Å². The van der Waals surface area contributed by atoms with Gasteiger partial charge in [0, 0.05) is 11.3 Å². The fraction of sp³-hybridized carbons (Fsp3) is 0.250. The second kappa shape index (κ2) is 6.71. The molecule has 1 aliphatic rings. The standard InChI is InChI=1S/C20H19FN4O/c1-12-5-4-8-16(22-12)19(13-9-10-13)23-20(26)18-11-17(24-25-18)14-6-2-3-7-15(14)21/h2-8,11,13,19H,9-10H2,1H3,(H,23,26)(H,24,25)/t19-/m1/s1. The summed E-state index contributed by atoms with van der Waals surface area (Å²) in [5.41, 5.74) is 2.87. The quantitative estimate of drug-likeness (QED) is 0.735. The first-order valence-electron chi connectivity index (χ1n) is 8.66. The Morgan fingerprint density at radius 2 is 2.04 bits per heavy atom. The molecular weight excluding hydrogens is 331 g/mol. The number of aromatic amines is 1. The summed E-state index contributed by atoms with van der Waals surface area (Å²) < 4.78 is 13.9. The van der Waals surface area contributed by atoms with Gasteiger partial charge in [0.05, 0.1) is 17.4 Å². The second-order valence-electron chi connectivity index (χ2n) is 6.64. The smallest absolute Gasteiger partial charge is 0.269 e. The van der Waals surface area contributed by atoms with Crippen molar-refractivity contribution in [1.82, 2.24) is 20.5 Å². The Kier molecular flexibility index (Phi) is 4.24. The fourth-order valence-corrected chi connectivity index (χ4v) is 3.06. The van der Waals surface area contributed by atoms with Crippen molar-refractivity contribution < 1.29 is 9.18 Å². The van der Waals surface area contributed by atoms with Crippen molar-refractivity contribution in [1.29, 1.82) is 0 Å². The second-order valence-corrected chi connectivity index (χ2v) is 6.64. The van der Waals surface area contributed by atoms with Gasteiger partial charge < -0.3 is 5.32 Å². The van der Waals surface area contributed by atoms with Crippen LogP contribution in [-0.2, 0) is 0 Å². The average Bonchev–Trinajstić information content (AvgIpc) is 3.36. The van der Waals surface area contributed by atoms with E-state index in [9.17, 15) is 9.18 Å². The zero-order chi connectivity index (χ0) is 18.1. The number of hydrogen-bond acceptors (Lipinski definition) is 3. The van der Waals surface area contributed by atoms with E-state index in [1.54, 1.807) is 24.3 Å². The Hall–Kier alpha value is -3.02. The molecule has 0 unspecified atom stereocenters. The number of aryl methyl sites for hydroxylation is 1. The van der Waals surface area contributed by atoms with E-state index >= 15 is 0 Å². The van der Waals surface area contributed by atoms with E-state index in [1.807, 2.05) is 25.1 Å². The molecule has 1 atom stereocenters. The van der Waals surface area contributed by atoms with Crippen molar-refractivity contribution in [2.45, 2.75) is 25.8 Å². The van der Waals surface area contributed by atoms with Crippen LogP contribution in [0.1, 0.15) is 40.8 Å². The third kappa shape index (κ3) is 3.35. The molecule has 132 valence electrons. The number of hydrogen-bond donors (Lipinski definition) is 2. The largest absolute Gasteiger partial charge is 0.342 e. The molecule has 2 N–H and O–H groups in total. The minimum Gasteiger partial charge on any atom is -0.342 e. The molecule has 2 heterocycles. The maximum absolute atomic E-state index is 13.9. The topological polar surface area (TPSA) is 70.7 Å². The van der Waals surface area contributed by atoms with Gasteiger partial charge in [0.15, 0.2) is 0 Å². The Labute approximate surface area is 150 Å². The average molecular weight is 350 g/mol. The van der Waals surface area contributed by atoms with Crippen molar-refractivity contribution in [2.75, 3.05) is 0 Å². The first-order chi connectivity index (χ1) is 12.6. The first kappa shape index (κ1) is 16.4. The molecule has 0 spiro atoms. The molecule has 1 amide bonds. The van der Waals surface area contributed by atoms with Gasteiger partial charge in [-0.25, -0.2) is 4.39 Å². The summed E-state index contributed by atoms with van der Waals surface area (Å²) in [4.78, 5) is 17.2. The number of nitrogens with one attached hydrogen (secondary N) is 2. The highest BCUT2D eigenvalue weighted by atomic mass is 19.1. The summed E-state index contributed by atoms with van der Waals surface area (Å²) >= 11 is 0. The zero-order valence-corrected chi connectivity index (χ0v) is 14.4. The Morgan fingerprint density at radius 3 is 2.77 bits per heavy atom. The highest BCUT2D eigenvalue weighted by Gasteiger charge is 2.34. The van der Waals surface area contributed by atoms with Crippen LogP contribution < -0.4 is 5.32 Å². The maximum atomic E-state index is 13.9. The number of benzene rings is 1. The summed E-state index contributed by atoms with van der Waals surface area (Å²) in [5, 5.41) is 9.84. The number of nitrogens with zero attached hydrogens (tertiary/aromatic N) is 2.